The summed E-state index contributed by atoms with van der Waals surface area (Å²) in [6.45, 7) is 1.86. The summed E-state index contributed by atoms with van der Waals surface area (Å²) in [6.07, 6.45) is 10.2. The molecule has 102 valence electrons. The largest absolute Gasteiger partial charge is 0.398 e. The van der Waals surface area contributed by atoms with Crippen LogP contribution in [0.15, 0.2) is 49.3 Å². The van der Waals surface area contributed by atoms with Gasteiger partial charge in [0.25, 0.3) is 0 Å². The first-order valence-electron chi connectivity index (χ1n) is 6.66. The molecule has 3 rings (SSSR count). The molecule has 20 heavy (non-hydrogen) atoms. The Morgan fingerprint density at radius 1 is 1.10 bits per heavy atom. The molecular weight excluding hydrogens is 250 g/mol. The Morgan fingerprint density at radius 3 is 2.90 bits per heavy atom. The van der Waals surface area contributed by atoms with E-state index in [1.807, 2.05) is 30.7 Å². The van der Waals surface area contributed by atoms with Crippen molar-refractivity contribution in [3.05, 3.63) is 49.3 Å². The molecule has 0 atom stereocenters. The van der Waals surface area contributed by atoms with Crippen LogP contribution in [0.2, 0.25) is 0 Å². The van der Waals surface area contributed by atoms with Gasteiger partial charge in [0, 0.05) is 60.0 Å². The van der Waals surface area contributed by atoms with E-state index >= 15 is 0 Å². The van der Waals surface area contributed by atoms with Crippen LogP contribution in [0.4, 0.5) is 11.4 Å². The van der Waals surface area contributed by atoms with Gasteiger partial charge in [-0.05, 0) is 24.6 Å². The van der Waals surface area contributed by atoms with Gasteiger partial charge in [-0.15, -0.1) is 0 Å². The van der Waals surface area contributed by atoms with E-state index in [1.165, 1.54) is 0 Å². The topological polar surface area (TPSA) is 68.8 Å². The van der Waals surface area contributed by atoms with Crippen molar-refractivity contribution in [3.8, 4) is 0 Å². The van der Waals surface area contributed by atoms with Crippen LogP contribution in [-0.2, 0) is 6.54 Å². The van der Waals surface area contributed by atoms with E-state index < -0.39 is 0 Å². The third kappa shape index (κ3) is 2.56. The maximum Gasteiger partial charge on any atom is 0.0945 e. The highest BCUT2D eigenvalue weighted by Crippen LogP contribution is 2.27. The monoisotopic (exact) mass is 267 g/mol. The van der Waals surface area contributed by atoms with E-state index in [1.54, 1.807) is 18.6 Å². The quantitative estimate of drug-likeness (QED) is 0.550. The van der Waals surface area contributed by atoms with Gasteiger partial charge < -0.3 is 15.6 Å². The smallest absolute Gasteiger partial charge is 0.0945 e. The molecule has 0 aliphatic heterocycles. The molecule has 1 aromatic carbocycles. The van der Waals surface area contributed by atoms with Gasteiger partial charge in [-0.1, -0.05) is 0 Å². The van der Waals surface area contributed by atoms with Gasteiger partial charge in [0.05, 0.1) is 6.33 Å². The van der Waals surface area contributed by atoms with Crippen LogP contribution in [0, 0.1) is 0 Å². The van der Waals surface area contributed by atoms with Crippen LogP contribution < -0.4 is 11.1 Å². The van der Waals surface area contributed by atoms with Crippen molar-refractivity contribution in [2.45, 2.75) is 13.0 Å². The SMILES string of the molecule is Nc1ccc(NCCCn2ccnc2)c2ccncc12. The third-order valence-corrected chi connectivity index (χ3v) is 3.32. The van der Waals surface area contributed by atoms with Gasteiger partial charge in [-0.2, -0.15) is 0 Å². The fourth-order valence-corrected chi connectivity index (χ4v) is 2.27. The van der Waals surface area contributed by atoms with Crippen LogP contribution in [0.25, 0.3) is 10.8 Å². The fourth-order valence-electron chi connectivity index (χ4n) is 2.27. The molecule has 0 saturated heterocycles. The Morgan fingerprint density at radius 2 is 2.05 bits per heavy atom. The van der Waals surface area contributed by atoms with E-state index in [0.29, 0.717) is 0 Å². The Labute approximate surface area is 117 Å². The number of aryl methyl sites for hydroxylation is 1. The van der Waals surface area contributed by atoms with Crippen LogP contribution in [0.5, 0.6) is 0 Å². The van der Waals surface area contributed by atoms with Crippen LogP contribution in [-0.4, -0.2) is 21.1 Å². The third-order valence-electron chi connectivity index (χ3n) is 3.32. The predicted molar refractivity (Wildman–Crippen MR) is 81.5 cm³/mol. The number of fused-ring (bicyclic) bond motifs is 1. The zero-order chi connectivity index (χ0) is 13.8. The van der Waals surface area contributed by atoms with Crippen molar-refractivity contribution >= 4 is 22.1 Å². The minimum Gasteiger partial charge on any atom is -0.398 e. The van der Waals surface area contributed by atoms with E-state index in [0.717, 1.165) is 41.7 Å². The maximum absolute atomic E-state index is 5.97. The van der Waals surface area contributed by atoms with Crippen LogP contribution in [0.3, 0.4) is 0 Å². The average molecular weight is 267 g/mol. The number of nitrogens with one attached hydrogen (secondary N) is 1. The summed E-state index contributed by atoms with van der Waals surface area (Å²) in [5.41, 5.74) is 7.83. The molecule has 0 spiro atoms. The number of nitrogen functional groups attached to an aromatic ring is 1. The molecule has 0 aliphatic carbocycles. The lowest BCUT2D eigenvalue weighted by Gasteiger charge is -2.11. The van der Waals surface area contributed by atoms with Gasteiger partial charge >= 0.3 is 0 Å². The first kappa shape index (κ1) is 12.5. The predicted octanol–water partition coefficient (Wildman–Crippen LogP) is 2.52. The number of hydrogen-bond donors (Lipinski definition) is 2. The number of pyridine rings is 1. The Hall–Kier alpha value is -2.56. The van der Waals surface area contributed by atoms with Gasteiger partial charge in [-0.3, -0.25) is 4.98 Å². The summed E-state index contributed by atoms with van der Waals surface area (Å²) in [7, 11) is 0. The summed E-state index contributed by atoms with van der Waals surface area (Å²) in [5.74, 6) is 0. The van der Waals surface area contributed by atoms with Crippen molar-refractivity contribution in [2.75, 3.05) is 17.6 Å². The number of hydrogen-bond acceptors (Lipinski definition) is 4. The number of nitrogens with zero attached hydrogens (tertiary/aromatic N) is 3. The lowest BCUT2D eigenvalue weighted by Crippen LogP contribution is -2.06. The highest BCUT2D eigenvalue weighted by Gasteiger charge is 2.03. The molecule has 0 aliphatic rings. The molecule has 0 unspecified atom stereocenters. The summed E-state index contributed by atoms with van der Waals surface area (Å²) >= 11 is 0. The molecule has 0 fully saturated rings. The molecule has 0 saturated carbocycles. The minimum atomic E-state index is 0.761. The zero-order valence-corrected chi connectivity index (χ0v) is 11.2. The number of benzene rings is 1. The highest BCUT2D eigenvalue weighted by atomic mass is 15.0. The number of nitrogens with two attached hydrogens (primary N) is 1. The van der Waals surface area contributed by atoms with Gasteiger partial charge in [-0.25, -0.2) is 4.98 Å². The average Bonchev–Trinajstić information content (AvgIpc) is 2.99. The first-order valence-corrected chi connectivity index (χ1v) is 6.66. The molecule has 3 N–H and O–H groups in total. The number of anilines is 2. The van der Waals surface area contributed by atoms with E-state index in [9.17, 15) is 0 Å². The van der Waals surface area contributed by atoms with Gasteiger partial charge in [0.15, 0.2) is 0 Å². The van der Waals surface area contributed by atoms with Crippen LogP contribution in [0.1, 0.15) is 6.42 Å². The molecular formula is C15H17N5. The molecule has 5 nitrogen and oxygen atoms in total. The Balaban J connectivity index is 1.67. The van der Waals surface area contributed by atoms with Crippen molar-refractivity contribution in [3.63, 3.8) is 0 Å². The maximum atomic E-state index is 5.97. The zero-order valence-electron chi connectivity index (χ0n) is 11.2. The van der Waals surface area contributed by atoms with E-state index in [2.05, 4.69) is 19.9 Å². The fraction of sp³-hybridized carbons (Fsp3) is 0.200. The lowest BCUT2D eigenvalue weighted by atomic mass is 10.1. The normalized spacial score (nSPS) is 10.8. The molecule has 0 bridgehead atoms. The minimum absolute atomic E-state index is 0.761. The van der Waals surface area contributed by atoms with Crippen molar-refractivity contribution < 1.29 is 0 Å². The number of aromatic nitrogens is 3. The molecule has 0 radical (unpaired) electrons. The second-order valence-corrected chi connectivity index (χ2v) is 4.70. The van der Waals surface area contributed by atoms with Crippen molar-refractivity contribution in [2.24, 2.45) is 0 Å². The summed E-state index contributed by atoms with van der Waals surface area (Å²) in [6, 6.07) is 5.93. The van der Waals surface area contributed by atoms with Gasteiger partial charge in [0.1, 0.15) is 0 Å². The van der Waals surface area contributed by atoms with Crippen molar-refractivity contribution in [1.29, 1.82) is 0 Å². The first-order chi connectivity index (χ1) is 9.84. The molecule has 2 aromatic heterocycles. The molecule has 3 aromatic rings. The summed E-state index contributed by atoms with van der Waals surface area (Å²) < 4.78 is 2.08. The second kappa shape index (κ2) is 5.61. The second-order valence-electron chi connectivity index (χ2n) is 4.70. The lowest BCUT2D eigenvalue weighted by molar-refractivity contribution is 0.661. The van der Waals surface area contributed by atoms with Gasteiger partial charge in [0.2, 0.25) is 0 Å². The standard InChI is InChI=1S/C15H17N5/c16-14-2-3-15(12-4-6-17-10-13(12)14)19-5-1-8-20-9-7-18-11-20/h2-4,6-7,9-11,19H,1,5,8,16H2. The molecule has 0 amide bonds. The molecule has 2 heterocycles. The number of imidazole rings is 1. The summed E-state index contributed by atoms with van der Waals surface area (Å²) in [4.78, 5) is 8.16. The van der Waals surface area contributed by atoms with E-state index in [-0.39, 0.29) is 0 Å². The Bertz CT molecular complexity index is 691. The highest BCUT2D eigenvalue weighted by molar-refractivity contribution is 6.00. The Kier molecular flexibility index (Phi) is 3.50. The summed E-state index contributed by atoms with van der Waals surface area (Å²) in [5, 5.41) is 5.57. The molecule has 5 heteroatoms. The van der Waals surface area contributed by atoms with Crippen molar-refractivity contribution in [1.82, 2.24) is 14.5 Å². The number of rotatable bonds is 5. The van der Waals surface area contributed by atoms with Crippen LogP contribution >= 0.6 is 0 Å². The van der Waals surface area contributed by atoms with E-state index in [4.69, 9.17) is 5.73 Å².